The highest BCUT2D eigenvalue weighted by Gasteiger charge is 2.19. The number of carbonyl (C=O) groups is 1. The molecule has 1 unspecified atom stereocenters. The SMILES string of the molecule is CS(=O)(=O)NCCC(=O)NC1CCc2ccccc2C1. The molecule has 0 aliphatic heterocycles. The molecule has 1 aromatic carbocycles. The molecule has 0 aromatic heterocycles. The fourth-order valence-electron chi connectivity index (χ4n) is 2.47. The zero-order valence-corrected chi connectivity index (χ0v) is 12.4. The van der Waals surface area contributed by atoms with Crippen molar-refractivity contribution >= 4 is 15.9 Å². The summed E-state index contributed by atoms with van der Waals surface area (Å²) in [7, 11) is -3.22. The molecule has 6 heteroatoms. The standard InChI is InChI=1S/C14H20N2O3S/c1-20(18,19)15-9-8-14(17)16-13-7-6-11-4-2-3-5-12(11)10-13/h2-5,13,15H,6-10H2,1H3,(H,16,17). The molecule has 0 saturated heterocycles. The van der Waals surface area contributed by atoms with Gasteiger partial charge in [-0.15, -0.1) is 0 Å². The monoisotopic (exact) mass is 296 g/mol. The van der Waals surface area contributed by atoms with E-state index in [1.54, 1.807) is 0 Å². The van der Waals surface area contributed by atoms with Crippen molar-refractivity contribution in [3.63, 3.8) is 0 Å². The first kappa shape index (κ1) is 15.0. The van der Waals surface area contributed by atoms with Crippen molar-refractivity contribution in [3.05, 3.63) is 35.4 Å². The lowest BCUT2D eigenvalue weighted by Gasteiger charge is -2.25. The number of sulfonamides is 1. The first-order chi connectivity index (χ1) is 9.44. The quantitative estimate of drug-likeness (QED) is 0.835. The van der Waals surface area contributed by atoms with E-state index in [0.717, 1.165) is 25.5 Å². The van der Waals surface area contributed by atoms with E-state index in [0.29, 0.717) is 0 Å². The van der Waals surface area contributed by atoms with E-state index in [2.05, 4.69) is 22.2 Å². The van der Waals surface area contributed by atoms with Crippen LogP contribution in [-0.2, 0) is 27.7 Å². The Bertz CT molecular complexity index is 584. The number of hydrogen-bond donors (Lipinski definition) is 2. The Morgan fingerprint density at radius 1 is 1.30 bits per heavy atom. The third-order valence-corrected chi connectivity index (χ3v) is 4.16. The lowest BCUT2D eigenvalue weighted by Crippen LogP contribution is -2.40. The van der Waals surface area contributed by atoms with Crippen molar-refractivity contribution in [3.8, 4) is 0 Å². The Morgan fingerprint density at radius 3 is 2.70 bits per heavy atom. The van der Waals surface area contributed by atoms with Crippen LogP contribution in [0.15, 0.2) is 24.3 Å². The summed E-state index contributed by atoms with van der Waals surface area (Å²) in [5, 5.41) is 2.97. The second-order valence-corrected chi connectivity index (χ2v) is 7.03. The summed E-state index contributed by atoms with van der Waals surface area (Å²) in [6.07, 6.45) is 4.01. The molecule has 1 aromatic rings. The van der Waals surface area contributed by atoms with Gasteiger partial charge in [0, 0.05) is 19.0 Å². The molecule has 0 heterocycles. The molecule has 5 nitrogen and oxygen atoms in total. The van der Waals surface area contributed by atoms with Crippen LogP contribution in [0.2, 0.25) is 0 Å². The van der Waals surface area contributed by atoms with Gasteiger partial charge in [0.15, 0.2) is 0 Å². The van der Waals surface area contributed by atoms with Crippen LogP contribution in [0.3, 0.4) is 0 Å². The predicted molar refractivity (Wildman–Crippen MR) is 77.9 cm³/mol. The molecular weight excluding hydrogens is 276 g/mol. The van der Waals surface area contributed by atoms with Crippen LogP contribution in [0.4, 0.5) is 0 Å². The van der Waals surface area contributed by atoms with Crippen LogP contribution < -0.4 is 10.0 Å². The fraction of sp³-hybridized carbons (Fsp3) is 0.500. The van der Waals surface area contributed by atoms with Crippen LogP contribution in [0.5, 0.6) is 0 Å². The van der Waals surface area contributed by atoms with Crippen LogP contribution in [0.25, 0.3) is 0 Å². The number of nitrogens with one attached hydrogen (secondary N) is 2. The minimum Gasteiger partial charge on any atom is -0.353 e. The molecule has 0 bridgehead atoms. The minimum atomic E-state index is -3.22. The number of hydrogen-bond acceptors (Lipinski definition) is 3. The molecule has 0 saturated carbocycles. The normalized spacial score (nSPS) is 18.4. The van der Waals surface area contributed by atoms with Crippen LogP contribution in [0.1, 0.15) is 24.0 Å². The molecule has 1 aliphatic rings. The molecule has 2 rings (SSSR count). The van der Waals surface area contributed by atoms with Crippen molar-refractivity contribution in [1.29, 1.82) is 0 Å². The molecule has 1 aliphatic carbocycles. The van der Waals surface area contributed by atoms with Gasteiger partial charge >= 0.3 is 0 Å². The number of carbonyl (C=O) groups excluding carboxylic acids is 1. The highest BCUT2D eigenvalue weighted by atomic mass is 32.2. The summed E-state index contributed by atoms with van der Waals surface area (Å²) in [5.74, 6) is -0.106. The largest absolute Gasteiger partial charge is 0.353 e. The van der Waals surface area contributed by atoms with Crippen LogP contribution in [0, 0.1) is 0 Å². The van der Waals surface area contributed by atoms with Gasteiger partial charge < -0.3 is 5.32 Å². The average molecular weight is 296 g/mol. The summed E-state index contributed by atoms with van der Waals surface area (Å²) in [6.45, 7) is 0.147. The van der Waals surface area contributed by atoms with E-state index in [4.69, 9.17) is 0 Å². The first-order valence-corrected chi connectivity index (χ1v) is 8.64. The smallest absolute Gasteiger partial charge is 0.221 e. The zero-order chi connectivity index (χ0) is 14.6. The lowest BCUT2D eigenvalue weighted by atomic mass is 9.88. The third kappa shape index (κ3) is 4.61. The van der Waals surface area contributed by atoms with Gasteiger partial charge in [0.05, 0.1) is 6.26 Å². The Morgan fingerprint density at radius 2 is 2.00 bits per heavy atom. The van der Waals surface area contributed by atoms with Gasteiger partial charge in [-0.2, -0.15) is 0 Å². The summed E-state index contributed by atoms with van der Waals surface area (Å²) in [5.41, 5.74) is 2.65. The lowest BCUT2D eigenvalue weighted by molar-refractivity contribution is -0.121. The summed E-state index contributed by atoms with van der Waals surface area (Å²) in [6, 6.07) is 8.42. The van der Waals surface area contributed by atoms with Crippen LogP contribution >= 0.6 is 0 Å². The number of benzene rings is 1. The van der Waals surface area contributed by atoms with E-state index in [1.165, 1.54) is 11.1 Å². The zero-order valence-electron chi connectivity index (χ0n) is 11.6. The van der Waals surface area contributed by atoms with E-state index >= 15 is 0 Å². The van der Waals surface area contributed by atoms with Gasteiger partial charge in [-0.05, 0) is 30.4 Å². The molecule has 2 N–H and O–H groups in total. The van der Waals surface area contributed by atoms with Crippen molar-refractivity contribution < 1.29 is 13.2 Å². The Balaban J connectivity index is 1.79. The van der Waals surface area contributed by atoms with Gasteiger partial charge in [-0.3, -0.25) is 4.79 Å². The van der Waals surface area contributed by atoms with Gasteiger partial charge in [-0.1, -0.05) is 24.3 Å². The van der Waals surface area contributed by atoms with Gasteiger partial charge in [-0.25, -0.2) is 13.1 Å². The second kappa shape index (κ2) is 6.37. The van der Waals surface area contributed by atoms with Crippen molar-refractivity contribution in [1.82, 2.24) is 10.0 Å². The number of fused-ring (bicyclic) bond motifs is 1. The maximum absolute atomic E-state index is 11.8. The molecular formula is C14H20N2O3S. The Labute approximate surface area is 119 Å². The maximum atomic E-state index is 11.8. The van der Waals surface area contributed by atoms with Crippen molar-refractivity contribution in [2.75, 3.05) is 12.8 Å². The van der Waals surface area contributed by atoms with E-state index in [-0.39, 0.29) is 24.9 Å². The van der Waals surface area contributed by atoms with Crippen molar-refractivity contribution in [2.45, 2.75) is 31.7 Å². The third-order valence-electron chi connectivity index (χ3n) is 3.43. The number of rotatable bonds is 5. The average Bonchev–Trinajstić information content (AvgIpc) is 2.37. The molecule has 1 atom stereocenters. The van der Waals surface area contributed by atoms with Gasteiger partial charge in [0.25, 0.3) is 0 Å². The van der Waals surface area contributed by atoms with Gasteiger partial charge in [0.2, 0.25) is 15.9 Å². The molecule has 110 valence electrons. The highest BCUT2D eigenvalue weighted by Crippen LogP contribution is 2.20. The summed E-state index contributed by atoms with van der Waals surface area (Å²) < 4.78 is 24.1. The first-order valence-electron chi connectivity index (χ1n) is 6.75. The topological polar surface area (TPSA) is 75.3 Å². The van der Waals surface area contributed by atoms with Crippen molar-refractivity contribution in [2.24, 2.45) is 0 Å². The minimum absolute atomic E-state index is 0.106. The molecule has 0 radical (unpaired) electrons. The van der Waals surface area contributed by atoms with Crippen LogP contribution in [-0.4, -0.2) is 33.2 Å². The number of amides is 1. The fourth-order valence-corrected chi connectivity index (χ4v) is 2.94. The maximum Gasteiger partial charge on any atom is 0.221 e. The van der Waals surface area contributed by atoms with E-state index in [9.17, 15) is 13.2 Å². The molecule has 0 fully saturated rings. The summed E-state index contributed by atoms with van der Waals surface area (Å²) in [4.78, 5) is 11.8. The molecule has 0 spiro atoms. The highest BCUT2D eigenvalue weighted by molar-refractivity contribution is 7.88. The number of aryl methyl sites for hydroxylation is 1. The Kier molecular flexibility index (Phi) is 4.77. The summed E-state index contributed by atoms with van der Waals surface area (Å²) >= 11 is 0. The second-order valence-electron chi connectivity index (χ2n) is 5.19. The molecule has 1 amide bonds. The van der Waals surface area contributed by atoms with Gasteiger partial charge in [0.1, 0.15) is 0 Å². The molecule has 20 heavy (non-hydrogen) atoms. The van der Waals surface area contributed by atoms with E-state index < -0.39 is 10.0 Å². The Hall–Kier alpha value is -1.40. The predicted octanol–water partition coefficient (Wildman–Crippen LogP) is 0.599. The van der Waals surface area contributed by atoms with E-state index in [1.807, 2.05) is 12.1 Å².